The average Bonchev–Trinajstić information content (AvgIpc) is 2.34. The monoisotopic (exact) mass is 171 g/mol. The molecule has 1 aromatic heterocycles. The summed E-state index contributed by atoms with van der Waals surface area (Å²) in [6, 6.07) is 1.32. The number of rotatable bonds is 3. The lowest BCUT2D eigenvalue weighted by molar-refractivity contribution is 0.390. The van der Waals surface area contributed by atoms with Gasteiger partial charge in [-0.2, -0.15) is 0 Å². The molecule has 5 heteroatoms. The van der Waals surface area contributed by atoms with Gasteiger partial charge in [-0.05, 0) is 5.92 Å². The SMILES string of the molecule is CC(C)CN(N)c1cc(=O)o[nH]1. The number of nitrogens with one attached hydrogen (secondary N) is 1. The van der Waals surface area contributed by atoms with Crippen LogP contribution in [0.2, 0.25) is 0 Å². The lowest BCUT2D eigenvalue weighted by Crippen LogP contribution is -2.34. The first-order chi connectivity index (χ1) is 5.59. The van der Waals surface area contributed by atoms with Crippen molar-refractivity contribution in [1.82, 2.24) is 5.16 Å². The van der Waals surface area contributed by atoms with Crippen molar-refractivity contribution in [2.75, 3.05) is 11.6 Å². The fourth-order valence-corrected chi connectivity index (χ4v) is 0.906. The fourth-order valence-electron chi connectivity index (χ4n) is 0.906. The fraction of sp³-hybridized carbons (Fsp3) is 0.571. The van der Waals surface area contributed by atoms with E-state index in [1.807, 2.05) is 13.8 Å². The van der Waals surface area contributed by atoms with Crippen LogP contribution in [-0.2, 0) is 0 Å². The van der Waals surface area contributed by atoms with E-state index in [0.29, 0.717) is 18.3 Å². The summed E-state index contributed by atoms with van der Waals surface area (Å²) in [6.07, 6.45) is 0. The molecular formula is C7H13N3O2. The second-order valence-corrected chi connectivity index (χ2v) is 3.10. The molecule has 12 heavy (non-hydrogen) atoms. The smallest absolute Gasteiger partial charge is 0.337 e. The van der Waals surface area contributed by atoms with Gasteiger partial charge in [0.15, 0.2) is 5.82 Å². The van der Waals surface area contributed by atoms with Crippen molar-refractivity contribution in [3.63, 3.8) is 0 Å². The van der Waals surface area contributed by atoms with E-state index < -0.39 is 5.63 Å². The number of hydrazine groups is 1. The van der Waals surface area contributed by atoms with Gasteiger partial charge in [-0.1, -0.05) is 13.8 Å². The van der Waals surface area contributed by atoms with Crippen LogP contribution in [-0.4, -0.2) is 11.7 Å². The zero-order valence-corrected chi connectivity index (χ0v) is 7.20. The highest BCUT2D eigenvalue weighted by Crippen LogP contribution is 2.04. The third-order valence-corrected chi connectivity index (χ3v) is 1.38. The number of H-pyrrole nitrogens is 1. The zero-order valence-electron chi connectivity index (χ0n) is 7.20. The van der Waals surface area contributed by atoms with Crippen molar-refractivity contribution in [1.29, 1.82) is 0 Å². The molecule has 0 amide bonds. The molecule has 0 unspecified atom stereocenters. The third-order valence-electron chi connectivity index (χ3n) is 1.38. The zero-order chi connectivity index (χ0) is 9.14. The molecule has 1 rings (SSSR count). The highest BCUT2D eigenvalue weighted by atomic mass is 16.5. The van der Waals surface area contributed by atoms with Crippen LogP contribution >= 0.6 is 0 Å². The lowest BCUT2D eigenvalue weighted by Gasteiger charge is -2.17. The molecule has 0 atom stereocenters. The van der Waals surface area contributed by atoms with Crippen LogP contribution in [0.4, 0.5) is 5.82 Å². The molecule has 0 saturated carbocycles. The predicted octanol–water partition coefficient (Wildman–Crippen LogP) is 0.304. The second-order valence-electron chi connectivity index (χ2n) is 3.10. The molecule has 0 aromatic carbocycles. The van der Waals surface area contributed by atoms with Crippen LogP contribution < -0.4 is 16.5 Å². The second kappa shape index (κ2) is 3.44. The molecule has 0 aliphatic carbocycles. The molecule has 0 aliphatic heterocycles. The van der Waals surface area contributed by atoms with Gasteiger partial charge in [0.25, 0.3) is 0 Å². The number of hydrogen-bond acceptors (Lipinski definition) is 4. The molecular weight excluding hydrogens is 158 g/mol. The normalized spacial score (nSPS) is 10.7. The Hall–Kier alpha value is -1.23. The standard InChI is InChI=1S/C7H13N3O2/c1-5(2)4-10(8)6-3-7(11)12-9-6/h3,5,9H,4,8H2,1-2H3. The van der Waals surface area contributed by atoms with Gasteiger partial charge in [0.1, 0.15) is 0 Å². The molecule has 0 fully saturated rings. The summed E-state index contributed by atoms with van der Waals surface area (Å²) in [6.45, 7) is 4.76. The first-order valence-electron chi connectivity index (χ1n) is 3.80. The van der Waals surface area contributed by atoms with Gasteiger partial charge in [0, 0.05) is 6.54 Å². The van der Waals surface area contributed by atoms with Crippen LogP contribution in [0.25, 0.3) is 0 Å². The van der Waals surface area contributed by atoms with Gasteiger partial charge >= 0.3 is 5.63 Å². The average molecular weight is 171 g/mol. The first-order valence-corrected chi connectivity index (χ1v) is 3.80. The minimum absolute atomic E-state index is 0.413. The number of hydrogen-bond donors (Lipinski definition) is 2. The van der Waals surface area contributed by atoms with Crippen molar-refractivity contribution in [3.05, 3.63) is 16.5 Å². The van der Waals surface area contributed by atoms with Gasteiger partial charge in [0.2, 0.25) is 0 Å². The summed E-state index contributed by atoms with van der Waals surface area (Å²) in [4.78, 5) is 10.6. The Morgan fingerprint density at radius 3 is 2.83 bits per heavy atom. The van der Waals surface area contributed by atoms with Gasteiger partial charge < -0.3 is 4.52 Å². The van der Waals surface area contributed by atoms with E-state index in [1.54, 1.807) is 0 Å². The molecule has 5 nitrogen and oxygen atoms in total. The van der Waals surface area contributed by atoms with E-state index in [9.17, 15) is 4.79 Å². The predicted molar refractivity (Wildman–Crippen MR) is 45.7 cm³/mol. The van der Waals surface area contributed by atoms with E-state index in [-0.39, 0.29) is 0 Å². The minimum atomic E-state index is -0.413. The molecule has 1 aromatic rings. The lowest BCUT2D eigenvalue weighted by atomic mass is 10.2. The Bertz CT molecular complexity index is 289. The quantitative estimate of drug-likeness (QED) is 0.506. The summed E-state index contributed by atoms with van der Waals surface area (Å²) >= 11 is 0. The molecule has 0 bridgehead atoms. The summed E-state index contributed by atoms with van der Waals surface area (Å²) in [5.41, 5.74) is -0.413. The maximum absolute atomic E-state index is 10.6. The number of aromatic amines is 1. The van der Waals surface area contributed by atoms with Crippen molar-refractivity contribution in [3.8, 4) is 0 Å². The number of nitrogens with two attached hydrogens (primary N) is 1. The summed E-state index contributed by atoms with van der Waals surface area (Å²) < 4.78 is 4.46. The molecule has 0 spiro atoms. The Morgan fingerprint density at radius 1 is 1.75 bits per heavy atom. The molecule has 68 valence electrons. The third kappa shape index (κ3) is 2.13. The number of nitrogens with zero attached hydrogens (tertiary/aromatic N) is 1. The van der Waals surface area contributed by atoms with Crippen molar-refractivity contribution in [2.24, 2.45) is 11.8 Å². The maximum Gasteiger partial charge on any atom is 0.359 e. The number of anilines is 1. The minimum Gasteiger partial charge on any atom is -0.337 e. The van der Waals surface area contributed by atoms with E-state index in [1.165, 1.54) is 11.1 Å². The Balaban J connectivity index is 2.65. The Morgan fingerprint density at radius 2 is 2.42 bits per heavy atom. The summed E-state index contributed by atoms with van der Waals surface area (Å²) in [5, 5.41) is 3.88. The topological polar surface area (TPSA) is 75.3 Å². The van der Waals surface area contributed by atoms with Crippen molar-refractivity contribution < 1.29 is 4.52 Å². The molecule has 1 heterocycles. The summed E-state index contributed by atoms with van der Waals surface area (Å²) in [7, 11) is 0. The van der Waals surface area contributed by atoms with Gasteiger partial charge in [-0.25, -0.2) is 15.8 Å². The largest absolute Gasteiger partial charge is 0.359 e. The Kier molecular flexibility index (Phi) is 2.54. The van der Waals surface area contributed by atoms with Crippen LogP contribution in [0.3, 0.4) is 0 Å². The van der Waals surface area contributed by atoms with Gasteiger partial charge in [-0.15, -0.1) is 0 Å². The van der Waals surface area contributed by atoms with Gasteiger partial charge in [-0.3, -0.25) is 5.01 Å². The van der Waals surface area contributed by atoms with E-state index in [0.717, 1.165) is 0 Å². The van der Waals surface area contributed by atoms with E-state index in [2.05, 4.69) is 9.68 Å². The van der Waals surface area contributed by atoms with E-state index in [4.69, 9.17) is 5.84 Å². The van der Waals surface area contributed by atoms with Crippen LogP contribution in [0, 0.1) is 5.92 Å². The molecule has 3 N–H and O–H groups in total. The van der Waals surface area contributed by atoms with Crippen LogP contribution in [0.1, 0.15) is 13.8 Å². The van der Waals surface area contributed by atoms with Gasteiger partial charge in [0.05, 0.1) is 6.07 Å². The highest BCUT2D eigenvalue weighted by molar-refractivity contribution is 5.32. The maximum atomic E-state index is 10.6. The molecule has 0 aliphatic rings. The van der Waals surface area contributed by atoms with Crippen LogP contribution in [0.15, 0.2) is 15.4 Å². The first kappa shape index (κ1) is 8.86. The van der Waals surface area contributed by atoms with Crippen molar-refractivity contribution in [2.45, 2.75) is 13.8 Å². The van der Waals surface area contributed by atoms with Crippen LogP contribution in [0.5, 0.6) is 0 Å². The van der Waals surface area contributed by atoms with Crippen molar-refractivity contribution >= 4 is 5.82 Å². The summed E-state index contributed by atoms with van der Waals surface area (Å²) in [5.74, 6) is 6.56. The number of aromatic nitrogens is 1. The highest BCUT2D eigenvalue weighted by Gasteiger charge is 2.06. The Labute approximate surface area is 70.1 Å². The van der Waals surface area contributed by atoms with E-state index >= 15 is 0 Å². The molecule has 0 radical (unpaired) electrons. The molecule has 0 saturated heterocycles.